The topological polar surface area (TPSA) is 17.1 Å². The highest BCUT2D eigenvalue weighted by Gasteiger charge is 2.20. The molecule has 0 atom stereocenters. The lowest BCUT2D eigenvalue weighted by Crippen LogP contribution is -2.15. The fourth-order valence-electron chi connectivity index (χ4n) is 2.48. The van der Waals surface area contributed by atoms with Crippen molar-refractivity contribution in [3.63, 3.8) is 0 Å². The van der Waals surface area contributed by atoms with Crippen molar-refractivity contribution in [2.75, 3.05) is 0 Å². The number of thioether (sulfide) groups is 1. The lowest BCUT2D eigenvalue weighted by atomic mass is 9.87. The minimum atomic E-state index is 0.768. The van der Waals surface area contributed by atoms with E-state index in [0.717, 1.165) is 23.0 Å². The van der Waals surface area contributed by atoms with E-state index in [9.17, 15) is 4.79 Å². The highest BCUT2D eigenvalue weighted by atomic mass is 32.2. The third kappa shape index (κ3) is 3.60. The maximum atomic E-state index is 10.6. The number of aldehydes is 1. The predicted molar refractivity (Wildman–Crippen MR) is 73.7 cm³/mol. The summed E-state index contributed by atoms with van der Waals surface area (Å²) in [5.41, 5.74) is 0.768. The molecular formula is C15H20OS. The van der Waals surface area contributed by atoms with Gasteiger partial charge in [-0.3, -0.25) is 4.79 Å². The Bertz CT molecular complexity index is 350. The Kier molecular flexibility index (Phi) is 4.66. The second-order valence-corrected chi connectivity index (χ2v) is 6.23. The molecule has 0 amide bonds. The lowest BCUT2D eigenvalue weighted by Gasteiger charge is -2.27. The first-order chi connectivity index (χ1) is 8.31. The molecule has 1 fully saturated rings. The lowest BCUT2D eigenvalue weighted by molar-refractivity contribution is 0.112. The Labute approximate surface area is 108 Å². The molecule has 0 spiro atoms. The minimum Gasteiger partial charge on any atom is -0.298 e. The minimum absolute atomic E-state index is 0.768. The molecule has 0 unspecified atom stereocenters. The van der Waals surface area contributed by atoms with E-state index in [-0.39, 0.29) is 0 Å². The van der Waals surface area contributed by atoms with Crippen molar-refractivity contribution in [1.29, 1.82) is 0 Å². The van der Waals surface area contributed by atoms with Gasteiger partial charge in [0.1, 0.15) is 6.29 Å². The monoisotopic (exact) mass is 248 g/mol. The smallest absolute Gasteiger partial charge is 0.150 e. The van der Waals surface area contributed by atoms with Crippen LogP contribution in [0.4, 0.5) is 0 Å². The van der Waals surface area contributed by atoms with Gasteiger partial charge in [-0.2, -0.15) is 0 Å². The van der Waals surface area contributed by atoms with Crippen LogP contribution >= 0.6 is 11.8 Å². The van der Waals surface area contributed by atoms with Gasteiger partial charge < -0.3 is 0 Å². The third-order valence-electron chi connectivity index (χ3n) is 3.69. The predicted octanol–water partition coefficient (Wildman–Crippen LogP) is 4.56. The summed E-state index contributed by atoms with van der Waals surface area (Å²) in [6, 6.07) is 7.96. The number of carbonyl (C=O) groups excluding carboxylic acids is 1. The van der Waals surface area contributed by atoms with E-state index in [1.165, 1.54) is 37.0 Å². The molecular weight excluding hydrogens is 228 g/mol. The molecule has 2 heteroatoms. The van der Waals surface area contributed by atoms with Crippen LogP contribution in [0, 0.1) is 5.92 Å². The van der Waals surface area contributed by atoms with E-state index in [0.29, 0.717) is 0 Å². The van der Waals surface area contributed by atoms with Gasteiger partial charge in [-0.05, 0) is 43.7 Å². The molecule has 1 aliphatic carbocycles. The zero-order valence-electron chi connectivity index (χ0n) is 10.4. The standard InChI is InChI=1S/C15H20OS/c1-2-12-3-7-14(8-4-12)17-15-9-5-13(11-16)6-10-15/h5-6,9-12,14H,2-4,7-8H2,1H3. The molecule has 0 bridgehead atoms. The summed E-state index contributed by atoms with van der Waals surface area (Å²) in [7, 11) is 0. The summed E-state index contributed by atoms with van der Waals surface area (Å²) in [4.78, 5) is 11.9. The van der Waals surface area contributed by atoms with Crippen molar-refractivity contribution < 1.29 is 4.79 Å². The number of rotatable bonds is 4. The summed E-state index contributed by atoms with van der Waals surface area (Å²) in [5.74, 6) is 0.962. The first-order valence-electron chi connectivity index (χ1n) is 6.53. The Morgan fingerprint density at radius 3 is 2.35 bits per heavy atom. The van der Waals surface area contributed by atoms with Crippen molar-refractivity contribution in [3.8, 4) is 0 Å². The summed E-state index contributed by atoms with van der Waals surface area (Å²) in [5, 5.41) is 0.778. The van der Waals surface area contributed by atoms with Gasteiger partial charge in [-0.15, -0.1) is 11.8 Å². The van der Waals surface area contributed by atoms with Gasteiger partial charge in [0.2, 0.25) is 0 Å². The van der Waals surface area contributed by atoms with Crippen LogP contribution in [0.15, 0.2) is 29.2 Å². The molecule has 0 aromatic heterocycles. The van der Waals surface area contributed by atoms with E-state index in [4.69, 9.17) is 0 Å². The fraction of sp³-hybridized carbons (Fsp3) is 0.533. The SMILES string of the molecule is CCC1CCC(Sc2ccc(C=O)cc2)CC1. The van der Waals surface area contributed by atoms with E-state index >= 15 is 0 Å². The first kappa shape index (κ1) is 12.7. The van der Waals surface area contributed by atoms with Gasteiger partial charge in [-0.25, -0.2) is 0 Å². The highest BCUT2D eigenvalue weighted by Crippen LogP contribution is 2.36. The van der Waals surface area contributed by atoms with Gasteiger partial charge in [0, 0.05) is 15.7 Å². The third-order valence-corrected chi connectivity index (χ3v) is 5.04. The molecule has 1 nitrogen and oxygen atoms in total. The molecule has 0 saturated heterocycles. The highest BCUT2D eigenvalue weighted by molar-refractivity contribution is 8.00. The van der Waals surface area contributed by atoms with Crippen LogP contribution in [0.3, 0.4) is 0 Å². The van der Waals surface area contributed by atoms with Crippen LogP contribution in [0.5, 0.6) is 0 Å². The van der Waals surface area contributed by atoms with Crippen molar-refractivity contribution in [3.05, 3.63) is 29.8 Å². The molecule has 0 N–H and O–H groups in total. The van der Waals surface area contributed by atoms with Crippen LogP contribution < -0.4 is 0 Å². The maximum Gasteiger partial charge on any atom is 0.150 e. The molecule has 1 aliphatic rings. The Morgan fingerprint density at radius 1 is 1.18 bits per heavy atom. The fourth-order valence-corrected chi connectivity index (χ4v) is 3.66. The largest absolute Gasteiger partial charge is 0.298 e. The molecule has 0 radical (unpaired) electrons. The Morgan fingerprint density at radius 2 is 1.82 bits per heavy atom. The van der Waals surface area contributed by atoms with E-state index in [1.807, 2.05) is 23.9 Å². The second-order valence-electron chi connectivity index (χ2n) is 4.86. The quantitative estimate of drug-likeness (QED) is 0.727. The van der Waals surface area contributed by atoms with E-state index in [1.54, 1.807) is 0 Å². The van der Waals surface area contributed by atoms with E-state index < -0.39 is 0 Å². The molecule has 2 rings (SSSR count). The first-order valence-corrected chi connectivity index (χ1v) is 7.41. The molecule has 17 heavy (non-hydrogen) atoms. The normalized spacial score (nSPS) is 24.5. The molecule has 1 aromatic carbocycles. The zero-order valence-corrected chi connectivity index (χ0v) is 11.2. The van der Waals surface area contributed by atoms with Crippen molar-refractivity contribution in [2.45, 2.75) is 49.2 Å². The van der Waals surface area contributed by atoms with Crippen molar-refractivity contribution >= 4 is 18.0 Å². The molecule has 92 valence electrons. The van der Waals surface area contributed by atoms with Crippen LogP contribution in [0.25, 0.3) is 0 Å². The van der Waals surface area contributed by atoms with Crippen LogP contribution in [0.1, 0.15) is 49.4 Å². The average molecular weight is 248 g/mol. The van der Waals surface area contributed by atoms with E-state index in [2.05, 4.69) is 19.1 Å². The average Bonchev–Trinajstić information content (AvgIpc) is 2.40. The molecule has 0 aliphatic heterocycles. The number of hydrogen-bond acceptors (Lipinski definition) is 2. The maximum absolute atomic E-state index is 10.6. The number of carbonyl (C=O) groups is 1. The molecule has 0 heterocycles. The second kappa shape index (κ2) is 6.25. The summed E-state index contributed by atoms with van der Waals surface area (Å²) < 4.78 is 0. The zero-order chi connectivity index (χ0) is 12.1. The van der Waals surface area contributed by atoms with Gasteiger partial charge >= 0.3 is 0 Å². The van der Waals surface area contributed by atoms with Gasteiger partial charge in [0.25, 0.3) is 0 Å². The Hall–Kier alpha value is -0.760. The van der Waals surface area contributed by atoms with Gasteiger partial charge in [-0.1, -0.05) is 25.5 Å². The Balaban J connectivity index is 1.86. The molecule has 1 saturated carbocycles. The van der Waals surface area contributed by atoms with Crippen molar-refractivity contribution in [1.82, 2.24) is 0 Å². The van der Waals surface area contributed by atoms with Gasteiger partial charge in [0.15, 0.2) is 0 Å². The summed E-state index contributed by atoms with van der Waals surface area (Å²) >= 11 is 1.98. The summed E-state index contributed by atoms with van der Waals surface area (Å²) in [6.45, 7) is 2.30. The van der Waals surface area contributed by atoms with Crippen LogP contribution in [-0.4, -0.2) is 11.5 Å². The van der Waals surface area contributed by atoms with Crippen LogP contribution in [-0.2, 0) is 0 Å². The molecule has 1 aromatic rings. The summed E-state index contributed by atoms with van der Waals surface area (Å²) in [6.07, 6.45) is 7.71. The number of benzene rings is 1. The van der Waals surface area contributed by atoms with Crippen molar-refractivity contribution in [2.24, 2.45) is 5.92 Å². The number of hydrogen-bond donors (Lipinski definition) is 0. The van der Waals surface area contributed by atoms with Gasteiger partial charge in [0.05, 0.1) is 0 Å². The van der Waals surface area contributed by atoms with Crippen LogP contribution in [0.2, 0.25) is 0 Å².